The number of rotatable bonds is 6. The number of carbonyl (C=O) groups is 1. The lowest BCUT2D eigenvalue weighted by atomic mass is 10.0. The Bertz CT molecular complexity index is 530. The van der Waals surface area contributed by atoms with Crippen molar-refractivity contribution < 1.29 is 13.9 Å². The van der Waals surface area contributed by atoms with Crippen LogP contribution in [0.1, 0.15) is 40.2 Å². The van der Waals surface area contributed by atoms with Crippen molar-refractivity contribution in [3.05, 3.63) is 34.6 Å². The molecule has 4 nitrogen and oxygen atoms in total. The van der Waals surface area contributed by atoms with Crippen LogP contribution in [0.4, 0.5) is 9.18 Å². The minimum atomic E-state index is -0.536. The lowest BCUT2D eigenvalue weighted by Crippen LogP contribution is -2.47. The Morgan fingerprint density at radius 2 is 2.00 bits per heavy atom. The predicted octanol–water partition coefficient (Wildman–Crippen LogP) is 4.12. The Hall–Kier alpha value is -1.33. The van der Waals surface area contributed by atoms with E-state index in [0.717, 1.165) is 0 Å². The highest BCUT2D eigenvalue weighted by Crippen LogP contribution is 2.14. The van der Waals surface area contributed by atoms with Crippen molar-refractivity contribution in [3.8, 4) is 0 Å². The van der Waals surface area contributed by atoms with Gasteiger partial charge in [-0.1, -0.05) is 31.5 Å². The van der Waals surface area contributed by atoms with Crippen molar-refractivity contribution >= 4 is 17.7 Å². The summed E-state index contributed by atoms with van der Waals surface area (Å²) in [6.07, 6.45) is -0.448. The summed E-state index contributed by atoms with van der Waals surface area (Å²) in [7, 11) is 0. The number of halogens is 2. The van der Waals surface area contributed by atoms with Crippen LogP contribution in [0.5, 0.6) is 0 Å². The molecule has 2 N–H and O–H groups in total. The van der Waals surface area contributed by atoms with E-state index in [4.69, 9.17) is 16.3 Å². The maximum Gasteiger partial charge on any atom is 0.407 e. The predicted molar refractivity (Wildman–Crippen MR) is 91.1 cm³/mol. The van der Waals surface area contributed by atoms with E-state index in [-0.39, 0.29) is 17.8 Å². The molecule has 1 unspecified atom stereocenters. The van der Waals surface area contributed by atoms with Gasteiger partial charge >= 0.3 is 6.09 Å². The molecule has 0 heterocycles. The van der Waals surface area contributed by atoms with Crippen molar-refractivity contribution in [1.82, 2.24) is 10.6 Å². The van der Waals surface area contributed by atoms with Gasteiger partial charge in [0, 0.05) is 29.7 Å². The second-order valence-corrected chi connectivity index (χ2v) is 7.30. The van der Waals surface area contributed by atoms with E-state index in [0.29, 0.717) is 23.7 Å². The monoisotopic (exact) mass is 344 g/mol. The molecule has 0 aromatic heterocycles. The molecule has 130 valence electrons. The molecule has 0 aliphatic carbocycles. The first kappa shape index (κ1) is 19.7. The number of alkyl carbamates (subject to hydrolysis) is 1. The Balaban J connectivity index is 2.52. The average molecular weight is 345 g/mol. The zero-order chi connectivity index (χ0) is 17.6. The second kappa shape index (κ2) is 8.50. The van der Waals surface area contributed by atoms with Gasteiger partial charge in [-0.15, -0.1) is 0 Å². The summed E-state index contributed by atoms with van der Waals surface area (Å²) < 4.78 is 19.0. The molecule has 23 heavy (non-hydrogen) atoms. The Labute approximate surface area is 142 Å². The highest BCUT2D eigenvalue weighted by molar-refractivity contribution is 6.30. The van der Waals surface area contributed by atoms with Crippen molar-refractivity contribution in [3.63, 3.8) is 0 Å². The van der Waals surface area contributed by atoms with E-state index in [1.54, 1.807) is 12.1 Å². The minimum absolute atomic E-state index is 0.111. The molecule has 0 bridgehead atoms. The third kappa shape index (κ3) is 7.66. The van der Waals surface area contributed by atoms with Crippen molar-refractivity contribution in [2.24, 2.45) is 5.92 Å². The molecule has 0 saturated carbocycles. The van der Waals surface area contributed by atoms with Crippen LogP contribution in [0.15, 0.2) is 18.2 Å². The van der Waals surface area contributed by atoms with Gasteiger partial charge < -0.3 is 15.4 Å². The SMILES string of the molecule is CC(C)C(CNCc1ccc(Cl)cc1F)NC(=O)OC(C)(C)C. The van der Waals surface area contributed by atoms with Crippen LogP contribution in [-0.4, -0.2) is 24.3 Å². The fraction of sp³-hybridized carbons (Fsp3) is 0.588. The molecule has 0 saturated heterocycles. The maximum absolute atomic E-state index is 13.7. The first-order valence-corrected chi connectivity index (χ1v) is 8.10. The standard InChI is InChI=1S/C17H26ClFN2O2/c1-11(2)15(21-16(22)23-17(3,4)5)10-20-9-12-6-7-13(18)8-14(12)19/h6-8,11,15,20H,9-10H2,1-5H3,(H,21,22). The zero-order valence-corrected chi connectivity index (χ0v) is 15.1. The van der Waals surface area contributed by atoms with Crippen molar-refractivity contribution in [1.29, 1.82) is 0 Å². The van der Waals surface area contributed by atoms with E-state index < -0.39 is 11.7 Å². The van der Waals surface area contributed by atoms with Gasteiger partial charge in [-0.3, -0.25) is 0 Å². The van der Waals surface area contributed by atoms with Crippen molar-refractivity contribution in [2.75, 3.05) is 6.54 Å². The number of amides is 1. The van der Waals surface area contributed by atoms with Gasteiger partial charge in [-0.25, -0.2) is 9.18 Å². The van der Waals surface area contributed by atoms with Crippen LogP contribution >= 0.6 is 11.6 Å². The van der Waals surface area contributed by atoms with Gasteiger partial charge in [0.15, 0.2) is 0 Å². The Morgan fingerprint density at radius 1 is 1.35 bits per heavy atom. The van der Waals surface area contributed by atoms with E-state index in [2.05, 4.69) is 10.6 Å². The van der Waals surface area contributed by atoms with Crippen LogP contribution in [0.2, 0.25) is 5.02 Å². The maximum atomic E-state index is 13.7. The number of benzene rings is 1. The van der Waals surface area contributed by atoms with E-state index in [9.17, 15) is 9.18 Å². The third-order valence-corrected chi connectivity index (χ3v) is 3.44. The topological polar surface area (TPSA) is 50.4 Å². The molecule has 6 heteroatoms. The van der Waals surface area contributed by atoms with Crippen LogP contribution in [0, 0.1) is 11.7 Å². The lowest BCUT2D eigenvalue weighted by Gasteiger charge is -2.26. The summed E-state index contributed by atoms with van der Waals surface area (Å²) in [5.74, 6) is -0.128. The summed E-state index contributed by atoms with van der Waals surface area (Å²) in [6, 6.07) is 4.48. The quantitative estimate of drug-likeness (QED) is 0.816. The molecule has 1 rings (SSSR count). The highest BCUT2D eigenvalue weighted by atomic mass is 35.5. The van der Waals surface area contributed by atoms with Gasteiger partial charge in [0.2, 0.25) is 0 Å². The van der Waals surface area contributed by atoms with E-state index >= 15 is 0 Å². The first-order chi connectivity index (χ1) is 10.6. The van der Waals surface area contributed by atoms with E-state index in [1.165, 1.54) is 6.07 Å². The molecule has 0 radical (unpaired) electrons. The van der Waals surface area contributed by atoms with Crippen molar-refractivity contribution in [2.45, 2.75) is 52.8 Å². The van der Waals surface area contributed by atoms with Gasteiger partial charge in [0.1, 0.15) is 11.4 Å². The van der Waals surface area contributed by atoms with Gasteiger partial charge in [0.05, 0.1) is 0 Å². The smallest absolute Gasteiger partial charge is 0.407 e. The van der Waals surface area contributed by atoms with Crippen LogP contribution in [-0.2, 0) is 11.3 Å². The number of hydrogen-bond donors (Lipinski definition) is 2. The second-order valence-electron chi connectivity index (χ2n) is 6.86. The summed E-state index contributed by atoms with van der Waals surface area (Å²) in [5, 5.41) is 6.38. The molecule has 0 aliphatic heterocycles. The number of nitrogens with one attached hydrogen (secondary N) is 2. The molecular formula is C17H26ClFN2O2. The molecule has 1 atom stereocenters. The molecule has 1 amide bonds. The van der Waals surface area contributed by atoms with E-state index in [1.807, 2.05) is 34.6 Å². The van der Waals surface area contributed by atoms with Gasteiger partial charge in [0.25, 0.3) is 0 Å². The van der Waals surface area contributed by atoms with Gasteiger partial charge in [-0.05, 0) is 38.8 Å². The number of hydrogen-bond acceptors (Lipinski definition) is 3. The normalized spacial score (nSPS) is 13.0. The fourth-order valence-electron chi connectivity index (χ4n) is 1.94. The fourth-order valence-corrected chi connectivity index (χ4v) is 2.10. The summed E-state index contributed by atoms with van der Waals surface area (Å²) >= 11 is 5.73. The molecule has 0 spiro atoms. The molecule has 0 aliphatic rings. The molecule has 1 aromatic rings. The zero-order valence-electron chi connectivity index (χ0n) is 14.4. The van der Waals surface area contributed by atoms with Crippen LogP contribution in [0.25, 0.3) is 0 Å². The number of ether oxygens (including phenoxy) is 1. The summed E-state index contributed by atoms with van der Waals surface area (Å²) in [5.41, 5.74) is 0.0000391. The molecular weight excluding hydrogens is 319 g/mol. The Kier molecular flexibility index (Phi) is 7.29. The summed E-state index contributed by atoms with van der Waals surface area (Å²) in [6.45, 7) is 10.3. The lowest BCUT2D eigenvalue weighted by molar-refractivity contribution is 0.0490. The molecule has 1 aromatic carbocycles. The first-order valence-electron chi connectivity index (χ1n) is 7.72. The molecule has 0 fully saturated rings. The van der Waals surface area contributed by atoms with Gasteiger partial charge in [-0.2, -0.15) is 0 Å². The minimum Gasteiger partial charge on any atom is -0.444 e. The third-order valence-electron chi connectivity index (χ3n) is 3.20. The largest absolute Gasteiger partial charge is 0.444 e. The van der Waals surface area contributed by atoms with Crippen LogP contribution < -0.4 is 10.6 Å². The number of carbonyl (C=O) groups excluding carboxylic acids is 1. The average Bonchev–Trinajstić information content (AvgIpc) is 2.37. The Morgan fingerprint density at radius 3 is 2.52 bits per heavy atom. The summed E-state index contributed by atoms with van der Waals surface area (Å²) in [4.78, 5) is 11.9. The van der Waals surface area contributed by atoms with Crippen LogP contribution in [0.3, 0.4) is 0 Å². The highest BCUT2D eigenvalue weighted by Gasteiger charge is 2.21.